The fourth-order valence-corrected chi connectivity index (χ4v) is 4.54. The molecule has 0 aliphatic heterocycles. The minimum atomic E-state index is 0.604. The SMILES string of the molecule is CCCCCC[C@H]1CC[C@H](C#Cc2ccc(-c3ccc(CCC)cc3)cc2)CC1. The highest BCUT2D eigenvalue weighted by atomic mass is 14.2. The second-order valence-corrected chi connectivity index (χ2v) is 8.86. The van der Waals surface area contributed by atoms with Crippen molar-refractivity contribution < 1.29 is 0 Å². The normalized spacial score (nSPS) is 18.8. The molecule has 2 aromatic rings. The van der Waals surface area contributed by atoms with Crippen LogP contribution in [0.25, 0.3) is 11.1 Å². The number of benzene rings is 2. The summed E-state index contributed by atoms with van der Waals surface area (Å²) in [6.45, 7) is 4.52. The minimum absolute atomic E-state index is 0.604. The van der Waals surface area contributed by atoms with Crippen LogP contribution in [-0.2, 0) is 6.42 Å². The molecule has 154 valence electrons. The Morgan fingerprint density at radius 3 is 2.00 bits per heavy atom. The maximum atomic E-state index is 3.57. The Bertz CT molecular complexity index is 762. The van der Waals surface area contributed by atoms with Crippen molar-refractivity contribution in [2.45, 2.75) is 84.5 Å². The Hall–Kier alpha value is -2.00. The molecule has 0 amide bonds. The first-order chi connectivity index (χ1) is 14.3. The summed E-state index contributed by atoms with van der Waals surface area (Å²) in [5.41, 5.74) is 5.15. The predicted molar refractivity (Wildman–Crippen MR) is 127 cm³/mol. The van der Waals surface area contributed by atoms with Crippen LogP contribution in [0.2, 0.25) is 0 Å². The van der Waals surface area contributed by atoms with Crippen LogP contribution in [0.1, 0.15) is 89.2 Å². The van der Waals surface area contributed by atoms with Crippen molar-refractivity contribution in [3.05, 3.63) is 59.7 Å². The van der Waals surface area contributed by atoms with Gasteiger partial charge in [0, 0.05) is 11.5 Å². The largest absolute Gasteiger partial charge is 0.0945 e. The maximum absolute atomic E-state index is 3.57. The third-order valence-electron chi connectivity index (χ3n) is 6.44. The van der Waals surface area contributed by atoms with Gasteiger partial charge < -0.3 is 0 Å². The lowest BCUT2D eigenvalue weighted by atomic mass is 9.80. The third kappa shape index (κ3) is 7.08. The maximum Gasteiger partial charge on any atom is 0.0245 e. The minimum Gasteiger partial charge on any atom is -0.0945 e. The molecule has 0 aromatic heterocycles. The van der Waals surface area contributed by atoms with E-state index in [1.165, 1.54) is 80.9 Å². The Morgan fingerprint density at radius 1 is 0.724 bits per heavy atom. The highest BCUT2D eigenvalue weighted by Crippen LogP contribution is 2.31. The molecular weight excluding hydrogens is 348 g/mol. The van der Waals surface area contributed by atoms with Crippen LogP contribution < -0.4 is 0 Å². The van der Waals surface area contributed by atoms with Crippen LogP contribution in [0.5, 0.6) is 0 Å². The Labute approximate surface area is 179 Å². The van der Waals surface area contributed by atoms with Gasteiger partial charge in [-0.05, 0) is 66.8 Å². The molecule has 1 aliphatic rings. The van der Waals surface area contributed by atoms with Gasteiger partial charge in [0.2, 0.25) is 0 Å². The number of aryl methyl sites for hydroxylation is 1. The van der Waals surface area contributed by atoms with E-state index in [-0.39, 0.29) is 0 Å². The molecule has 0 bridgehead atoms. The van der Waals surface area contributed by atoms with Gasteiger partial charge in [0.15, 0.2) is 0 Å². The molecule has 0 nitrogen and oxygen atoms in total. The summed E-state index contributed by atoms with van der Waals surface area (Å²) in [6.07, 6.45) is 14.8. The highest BCUT2D eigenvalue weighted by Gasteiger charge is 2.19. The molecule has 3 rings (SSSR count). The molecule has 1 saturated carbocycles. The quantitative estimate of drug-likeness (QED) is 0.315. The molecule has 0 radical (unpaired) electrons. The summed E-state index contributed by atoms with van der Waals surface area (Å²) in [5.74, 6) is 8.58. The van der Waals surface area contributed by atoms with Gasteiger partial charge in [-0.2, -0.15) is 0 Å². The van der Waals surface area contributed by atoms with E-state index in [9.17, 15) is 0 Å². The summed E-state index contributed by atoms with van der Waals surface area (Å²) >= 11 is 0. The van der Waals surface area contributed by atoms with E-state index in [4.69, 9.17) is 0 Å². The second-order valence-electron chi connectivity index (χ2n) is 8.86. The van der Waals surface area contributed by atoms with Gasteiger partial charge >= 0.3 is 0 Å². The molecule has 0 heteroatoms. The van der Waals surface area contributed by atoms with Crippen molar-refractivity contribution in [1.82, 2.24) is 0 Å². The standard InChI is InChI=1S/C29H38/c1-3-5-6-7-9-25-10-12-26(13-11-25)14-15-27-18-22-29(23-19-27)28-20-16-24(8-4-2)17-21-28/h16-23,25-26H,3-13H2,1-2H3/t25-,26-. The van der Waals surface area contributed by atoms with Crippen molar-refractivity contribution in [2.75, 3.05) is 0 Å². The Balaban J connectivity index is 1.48. The van der Waals surface area contributed by atoms with Gasteiger partial charge in [0.1, 0.15) is 0 Å². The topological polar surface area (TPSA) is 0 Å². The molecule has 0 heterocycles. The average Bonchev–Trinajstić information content (AvgIpc) is 2.77. The summed E-state index contributed by atoms with van der Waals surface area (Å²) in [6, 6.07) is 17.8. The third-order valence-corrected chi connectivity index (χ3v) is 6.44. The smallest absolute Gasteiger partial charge is 0.0245 e. The number of rotatable bonds is 8. The van der Waals surface area contributed by atoms with E-state index < -0.39 is 0 Å². The first-order valence-electron chi connectivity index (χ1n) is 12.0. The van der Waals surface area contributed by atoms with Gasteiger partial charge in [0.25, 0.3) is 0 Å². The number of hydrogen-bond acceptors (Lipinski definition) is 0. The molecule has 0 saturated heterocycles. The zero-order valence-corrected chi connectivity index (χ0v) is 18.6. The lowest BCUT2D eigenvalue weighted by molar-refractivity contribution is 0.294. The van der Waals surface area contributed by atoms with E-state index in [0.717, 1.165) is 17.9 Å². The van der Waals surface area contributed by atoms with Crippen molar-refractivity contribution in [3.8, 4) is 23.0 Å². The second kappa shape index (κ2) is 11.9. The molecule has 1 fully saturated rings. The summed E-state index contributed by atoms with van der Waals surface area (Å²) in [7, 11) is 0. The van der Waals surface area contributed by atoms with Crippen LogP contribution in [0, 0.1) is 23.7 Å². The van der Waals surface area contributed by atoms with Gasteiger partial charge in [0.05, 0.1) is 0 Å². The Morgan fingerprint density at radius 2 is 1.38 bits per heavy atom. The van der Waals surface area contributed by atoms with Gasteiger partial charge in [-0.25, -0.2) is 0 Å². The van der Waals surface area contributed by atoms with Crippen molar-refractivity contribution in [3.63, 3.8) is 0 Å². The monoisotopic (exact) mass is 386 g/mol. The fraction of sp³-hybridized carbons (Fsp3) is 0.517. The van der Waals surface area contributed by atoms with Crippen molar-refractivity contribution in [2.24, 2.45) is 11.8 Å². The number of hydrogen-bond donors (Lipinski definition) is 0. The summed E-state index contributed by atoms with van der Waals surface area (Å²) in [4.78, 5) is 0. The van der Waals surface area contributed by atoms with E-state index >= 15 is 0 Å². The van der Waals surface area contributed by atoms with Gasteiger partial charge in [-0.15, -0.1) is 0 Å². The molecular formula is C29H38. The lowest BCUT2D eigenvalue weighted by Crippen LogP contribution is -2.13. The molecule has 0 unspecified atom stereocenters. The molecule has 0 atom stereocenters. The lowest BCUT2D eigenvalue weighted by Gasteiger charge is -2.25. The first-order valence-corrected chi connectivity index (χ1v) is 12.0. The highest BCUT2D eigenvalue weighted by molar-refractivity contribution is 5.64. The first kappa shape index (κ1) is 21.7. The van der Waals surface area contributed by atoms with E-state index in [0.29, 0.717) is 5.92 Å². The van der Waals surface area contributed by atoms with Gasteiger partial charge in [-0.3, -0.25) is 0 Å². The average molecular weight is 387 g/mol. The Kier molecular flexibility index (Phi) is 8.88. The zero-order chi connectivity index (χ0) is 20.3. The summed E-state index contributed by atoms with van der Waals surface area (Å²) < 4.78 is 0. The van der Waals surface area contributed by atoms with E-state index in [2.05, 4.69) is 74.2 Å². The van der Waals surface area contributed by atoms with E-state index in [1.54, 1.807) is 0 Å². The molecule has 2 aromatic carbocycles. The van der Waals surface area contributed by atoms with Crippen LogP contribution in [0.15, 0.2) is 48.5 Å². The van der Waals surface area contributed by atoms with Crippen LogP contribution in [0.4, 0.5) is 0 Å². The number of unbranched alkanes of at least 4 members (excludes halogenated alkanes) is 3. The van der Waals surface area contributed by atoms with E-state index in [1.807, 2.05) is 0 Å². The fourth-order valence-electron chi connectivity index (χ4n) is 4.54. The van der Waals surface area contributed by atoms with Crippen LogP contribution in [0.3, 0.4) is 0 Å². The van der Waals surface area contributed by atoms with Gasteiger partial charge in [-0.1, -0.05) is 101 Å². The molecule has 0 spiro atoms. The molecule has 1 aliphatic carbocycles. The van der Waals surface area contributed by atoms with Crippen LogP contribution >= 0.6 is 0 Å². The predicted octanol–water partition coefficient (Wildman–Crippen LogP) is 8.43. The van der Waals surface area contributed by atoms with Crippen molar-refractivity contribution >= 4 is 0 Å². The zero-order valence-electron chi connectivity index (χ0n) is 18.6. The molecule has 0 N–H and O–H groups in total. The van der Waals surface area contributed by atoms with Crippen LogP contribution in [-0.4, -0.2) is 0 Å². The van der Waals surface area contributed by atoms with Crippen molar-refractivity contribution in [1.29, 1.82) is 0 Å². The molecule has 29 heavy (non-hydrogen) atoms. The summed E-state index contributed by atoms with van der Waals surface area (Å²) in [5, 5.41) is 0.